The van der Waals surface area contributed by atoms with Crippen LogP contribution in [-0.2, 0) is 5.41 Å². The molecule has 13 rings (SSSR count). The average molecular weight is 817 g/mol. The highest BCUT2D eigenvalue weighted by molar-refractivity contribution is 6.15. The second-order valence-electron chi connectivity index (χ2n) is 16.5. The van der Waals surface area contributed by atoms with E-state index >= 15 is 0 Å². The largest absolute Gasteiger partial charge is 0.455 e. The molecule has 5 nitrogen and oxygen atoms in total. The third kappa shape index (κ3) is 5.37. The van der Waals surface area contributed by atoms with E-state index in [4.69, 9.17) is 14.7 Å². The lowest BCUT2D eigenvalue weighted by Gasteiger charge is -2.40. The molecule has 11 aromatic rings. The van der Waals surface area contributed by atoms with Gasteiger partial charge in [-0.2, -0.15) is 0 Å². The third-order valence-corrected chi connectivity index (χ3v) is 13.1. The quantitative estimate of drug-likeness (QED) is 0.162. The monoisotopic (exact) mass is 816 g/mol. The number of pyridine rings is 4. The molecule has 64 heavy (non-hydrogen) atoms. The van der Waals surface area contributed by atoms with Crippen LogP contribution in [0.25, 0.3) is 89.1 Å². The van der Waals surface area contributed by atoms with Gasteiger partial charge in [-0.25, -0.2) is 9.97 Å². The predicted octanol–water partition coefficient (Wildman–Crippen LogP) is 14.4. The molecule has 1 aliphatic heterocycles. The maximum absolute atomic E-state index is 7.59. The summed E-state index contributed by atoms with van der Waals surface area (Å²) < 4.78 is 7.59. The number of ether oxygens (including phenoxy) is 1. The Labute approximate surface area is 370 Å². The zero-order chi connectivity index (χ0) is 42.2. The molecule has 0 saturated carbocycles. The molecule has 0 N–H and O–H groups in total. The first-order valence-electron chi connectivity index (χ1n) is 21.6. The van der Waals surface area contributed by atoms with E-state index in [1.54, 1.807) is 12.4 Å². The van der Waals surface area contributed by atoms with Crippen LogP contribution in [0.4, 0.5) is 0 Å². The Kier molecular flexibility index (Phi) is 8.06. The summed E-state index contributed by atoms with van der Waals surface area (Å²) in [5, 5.41) is 3.17. The van der Waals surface area contributed by atoms with Crippen molar-refractivity contribution in [3.8, 4) is 78.9 Å². The number of fused-ring (bicyclic) bond motifs is 13. The van der Waals surface area contributed by atoms with Gasteiger partial charge in [-0.3, -0.25) is 9.97 Å². The summed E-state index contributed by atoms with van der Waals surface area (Å²) in [5.41, 5.74) is 16.9. The van der Waals surface area contributed by atoms with Crippen molar-refractivity contribution in [2.45, 2.75) is 5.41 Å². The maximum atomic E-state index is 7.59. The van der Waals surface area contributed by atoms with Crippen LogP contribution >= 0.6 is 0 Å². The van der Waals surface area contributed by atoms with Crippen LogP contribution in [0, 0.1) is 0 Å². The van der Waals surface area contributed by atoms with Crippen molar-refractivity contribution in [3.05, 3.63) is 241 Å². The lowest BCUT2D eigenvalue weighted by atomic mass is 9.65. The molecule has 5 heterocycles. The van der Waals surface area contributed by atoms with Crippen LogP contribution in [0.15, 0.2) is 219 Å². The van der Waals surface area contributed by atoms with E-state index < -0.39 is 5.41 Å². The van der Waals surface area contributed by atoms with Crippen molar-refractivity contribution in [2.24, 2.45) is 0 Å². The van der Waals surface area contributed by atoms with Crippen LogP contribution in [0.1, 0.15) is 22.3 Å². The predicted molar refractivity (Wildman–Crippen MR) is 257 cm³/mol. The molecule has 7 aromatic carbocycles. The van der Waals surface area contributed by atoms with Gasteiger partial charge in [-0.1, -0.05) is 164 Å². The van der Waals surface area contributed by atoms with Crippen LogP contribution in [0.3, 0.4) is 0 Å². The summed E-state index contributed by atoms with van der Waals surface area (Å²) in [6.45, 7) is 0. The fraction of sp³-hybridized carbons (Fsp3) is 0.0169. The highest BCUT2D eigenvalue weighted by Crippen LogP contribution is 2.64. The van der Waals surface area contributed by atoms with Crippen LogP contribution < -0.4 is 4.74 Å². The molecule has 0 bridgehead atoms. The van der Waals surface area contributed by atoms with Crippen LogP contribution in [0.5, 0.6) is 11.5 Å². The summed E-state index contributed by atoms with van der Waals surface area (Å²) in [6.07, 6.45) is 3.61. The van der Waals surface area contributed by atoms with Gasteiger partial charge in [-0.15, -0.1) is 0 Å². The Morgan fingerprint density at radius 1 is 0.344 bits per heavy atom. The molecule has 0 atom stereocenters. The molecule has 0 fully saturated rings. The SMILES string of the molecule is c1ccc(-c2nc3ccccc3c3c4c(ccc23)C2(c3ccccc3-c3ccccc32)c2cccc(-c3ccc(-c5cc(-c6ccccn6)nc(-c6ccccn6)c5)cc3)c2O4)cc1. The Bertz CT molecular complexity index is 3520. The van der Waals surface area contributed by atoms with Crippen molar-refractivity contribution in [1.82, 2.24) is 19.9 Å². The van der Waals surface area contributed by atoms with E-state index in [2.05, 4.69) is 180 Å². The van der Waals surface area contributed by atoms with Crippen molar-refractivity contribution in [2.75, 3.05) is 0 Å². The lowest BCUT2D eigenvalue weighted by Crippen LogP contribution is -2.32. The van der Waals surface area contributed by atoms with Crippen molar-refractivity contribution in [3.63, 3.8) is 0 Å². The molecule has 1 aliphatic carbocycles. The second-order valence-corrected chi connectivity index (χ2v) is 16.5. The first-order chi connectivity index (χ1) is 31.7. The number of para-hydroxylation sites is 2. The highest BCUT2D eigenvalue weighted by Gasteiger charge is 2.52. The molecule has 0 unspecified atom stereocenters. The average Bonchev–Trinajstić information content (AvgIpc) is 3.67. The van der Waals surface area contributed by atoms with Crippen LogP contribution in [0.2, 0.25) is 0 Å². The smallest absolute Gasteiger partial charge is 0.140 e. The van der Waals surface area contributed by atoms with Gasteiger partial charge >= 0.3 is 0 Å². The molecule has 5 heteroatoms. The van der Waals surface area contributed by atoms with Gasteiger partial charge in [0.1, 0.15) is 11.5 Å². The minimum Gasteiger partial charge on any atom is -0.455 e. The lowest BCUT2D eigenvalue weighted by molar-refractivity contribution is 0.444. The van der Waals surface area contributed by atoms with Gasteiger partial charge in [0.15, 0.2) is 0 Å². The van der Waals surface area contributed by atoms with E-state index in [0.29, 0.717) is 0 Å². The zero-order valence-corrected chi connectivity index (χ0v) is 34.5. The number of hydrogen-bond acceptors (Lipinski definition) is 5. The molecular weight excluding hydrogens is 781 g/mol. The number of rotatable bonds is 5. The molecule has 298 valence electrons. The van der Waals surface area contributed by atoms with Gasteiger partial charge in [0.2, 0.25) is 0 Å². The van der Waals surface area contributed by atoms with Gasteiger partial charge in [0, 0.05) is 50.8 Å². The number of aromatic nitrogens is 4. The van der Waals surface area contributed by atoms with E-state index in [1.807, 2.05) is 36.4 Å². The highest BCUT2D eigenvalue weighted by atomic mass is 16.5. The maximum Gasteiger partial charge on any atom is 0.140 e. The van der Waals surface area contributed by atoms with E-state index in [0.717, 1.165) is 101 Å². The standard InChI is InChI=1S/C59H36N4O/c1-2-15-39(16-3-1)56-45-31-32-49-58(55(45)44-19-6-9-24-50(44)63-56)64-57-41(20-14-23-48(57)59(49)46-21-7-4-17-42(46)43-18-5-8-22-47(43)59)38-29-27-37(28-30-38)40-35-53(51-25-10-12-33-60-51)62-54(36-40)52-26-11-13-34-61-52/h1-36H. The van der Waals surface area contributed by atoms with E-state index in [9.17, 15) is 0 Å². The molecule has 4 aromatic heterocycles. The summed E-state index contributed by atoms with van der Waals surface area (Å²) in [5.74, 6) is 1.71. The molecule has 0 saturated heterocycles. The first-order valence-corrected chi connectivity index (χ1v) is 21.6. The van der Waals surface area contributed by atoms with E-state index in [1.165, 1.54) is 22.3 Å². The number of nitrogens with zero attached hydrogens (tertiary/aromatic N) is 4. The Balaban J connectivity index is 1.05. The summed E-state index contributed by atoms with van der Waals surface area (Å²) in [6, 6.07) is 72.9. The minimum atomic E-state index is -0.654. The minimum absolute atomic E-state index is 0.654. The first kappa shape index (κ1) is 36.1. The number of hydrogen-bond donors (Lipinski definition) is 0. The van der Waals surface area contributed by atoms with E-state index in [-0.39, 0.29) is 0 Å². The summed E-state index contributed by atoms with van der Waals surface area (Å²) in [4.78, 5) is 19.6. The van der Waals surface area contributed by atoms with Gasteiger partial charge < -0.3 is 4.74 Å². The van der Waals surface area contributed by atoms with Crippen molar-refractivity contribution < 1.29 is 4.74 Å². The summed E-state index contributed by atoms with van der Waals surface area (Å²) >= 11 is 0. The van der Waals surface area contributed by atoms with Gasteiger partial charge in [0.05, 0.1) is 39.4 Å². The third-order valence-electron chi connectivity index (χ3n) is 13.1. The topological polar surface area (TPSA) is 60.8 Å². The Morgan fingerprint density at radius 2 is 0.922 bits per heavy atom. The second kappa shape index (κ2) is 14.3. The molecule has 2 aliphatic rings. The van der Waals surface area contributed by atoms with Gasteiger partial charge in [-0.05, 0) is 81.4 Å². The van der Waals surface area contributed by atoms with Crippen LogP contribution in [-0.4, -0.2) is 19.9 Å². The molecule has 0 amide bonds. The fourth-order valence-electron chi connectivity index (χ4n) is 10.3. The normalized spacial score (nSPS) is 12.9. The summed E-state index contributed by atoms with van der Waals surface area (Å²) in [7, 11) is 0. The molecule has 1 spiro atoms. The molecule has 0 radical (unpaired) electrons. The van der Waals surface area contributed by atoms with Crippen molar-refractivity contribution in [1.29, 1.82) is 0 Å². The zero-order valence-electron chi connectivity index (χ0n) is 34.5. The number of benzene rings is 7. The van der Waals surface area contributed by atoms with Crippen molar-refractivity contribution >= 4 is 21.7 Å². The Hall–Kier alpha value is -8.54. The Morgan fingerprint density at radius 3 is 1.61 bits per heavy atom. The molecular formula is C59H36N4O. The fourth-order valence-corrected chi connectivity index (χ4v) is 10.3. The van der Waals surface area contributed by atoms with Gasteiger partial charge in [0.25, 0.3) is 0 Å².